The van der Waals surface area contributed by atoms with E-state index < -0.39 is 0 Å². The highest BCUT2D eigenvalue weighted by Crippen LogP contribution is 2.43. The molecule has 5 nitrogen and oxygen atoms in total. The van der Waals surface area contributed by atoms with Crippen molar-refractivity contribution in [3.05, 3.63) is 54.6 Å². The molecule has 2 aromatic rings. The van der Waals surface area contributed by atoms with Gasteiger partial charge in [0.05, 0.1) is 11.8 Å². The summed E-state index contributed by atoms with van der Waals surface area (Å²) in [5, 5.41) is 2.78. The average Bonchev–Trinajstić information content (AvgIpc) is 2.94. The van der Waals surface area contributed by atoms with E-state index in [2.05, 4.69) is 37.2 Å². The van der Waals surface area contributed by atoms with Crippen molar-refractivity contribution < 1.29 is 14.4 Å². The maximum atomic E-state index is 12.7. The number of amides is 3. The van der Waals surface area contributed by atoms with Crippen LogP contribution in [0.5, 0.6) is 0 Å². The molecule has 7 heteroatoms. The number of nitrogens with zero attached hydrogens (tertiary/aromatic N) is 1. The maximum Gasteiger partial charge on any atom is 0.244 e. The Balaban J connectivity index is 1.40. The van der Waals surface area contributed by atoms with E-state index >= 15 is 0 Å². The van der Waals surface area contributed by atoms with E-state index in [0.717, 1.165) is 16.0 Å². The lowest BCUT2D eigenvalue weighted by molar-refractivity contribution is -0.142. The number of carbonyl (C=O) groups is 3. The number of rotatable bonds is 4. The van der Waals surface area contributed by atoms with Gasteiger partial charge in [-0.2, -0.15) is 0 Å². The van der Waals surface area contributed by atoms with Gasteiger partial charge in [-0.15, -0.1) is 0 Å². The van der Waals surface area contributed by atoms with Gasteiger partial charge in [-0.25, -0.2) is 0 Å². The largest absolute Gasteiger partial charge is 0.325 e. The number of likely N-dealkylation sites (tertiary alicyclic amines) is 1. The number of alkyl halides is 2. The Kier molecular flexibility index (Phi) is 5.88. The molecule has 0 bridgehead atoms. The van der Waals surface area contributed by atoms with Crippen molar-refractivity contribution in [3.8, 4) is 11.1 Å². The van der Waals surface area contributed by atoms with E-state index in [0.29, 0.717) is 18.5 Å². The summed E-state index contributed by atoms with van der Waals surface area (Å²) in [5.41, 5.74) is 2.77. The lowest BCUT2D eigenvalue weighted by atomic mass is 9.81. The molecular weight excluding hydrogens is 500 g/mol. The molecule has 1 N–H and O–H groups in total. The monoisotopic (exact) mass is 518 g/mol. The number of fused-ring (bicyclic) bond motifs is 1. The highest BCUT2D eigenvalue weighted by Gasteiger charge is 2.52. The predicted octanol–water partition coefficient (Wildman–Crippen LogP) is 4.21. The molecule has 4 atom stereocenters. The van der Waals surface area contributed by atoms with Gasteiger partial charge < -0.3 is 5.32 Å². The molecular formula is C22H20Br2N2O3. The zero-order chi connectivity index (χ0) is 20.5. The lowest BCUT2D eigenvalue weighted by Gasteiger charge is -2.29. The summed E-state index contributed by atoms with van der Waals surface area (Å²) in [5.74, 6) is -1.52. The number of imide groups is 1. The second kappa shape index (κ2) is 8.40. The lowest BCUT2D eigenvalue weighted by Crippen LogP contribution is -2.38. The van der Waals surface area contributed by atoms with E-state index in [1.807, 2.05) is 54.6 Å². The molecule has 0 radical (unpaired) electrons. The average molecular weight is 520 g/mol. The topological polar surface area (TPSA) is 66.5 Å². The van der Waals surface area contributed by atoms with Crippen LogP contribution in [0.25, 0.3) is 11.1 Å². The third-order valence-corrected chi connectivity index (χ3v) is 8.31. The van der Waals surface area contributed by atoms with Gasteiger partial charge >= 0.3 is 0 Å². The molecule has 2 fully saturated rings. The Hall–Kier alpha value is -1.99. The molecule has 2 aliphatic rings. The van der Waals surface area contributed by atoms with Crippen molar-refractivity contribution in [2.45, 2.75) is 22.5 Å². The molecule has 1 saturated heterocycles. The van der Waals surface area contributed by atoms with Gasteiger partial charge in [0.25, 0.3) is 0 Å². The summed E-state index contributed by atoms with van der Waals surface area (Å²) in [6, 6.07) is 17.4. The molecule has 1 aliphatic heterocycles. The molecule has 0 unspecified atom stereocenters. The van der Waals surface area contributed by atoms with Crippen molar-refractivity contribution >= 4 is 55.3 Å². The summed E-state index contributed by atoms with van der Waals surface area (Å²) in [6.45, 7) is -0.245. The van der Waals surface area contributed by atoms with Gasteiger partial charge in [0.2, 0.25) is 17.7 Å². The molecule has 4 rings (SSSR count). The smallest absolute Gasteiger partial charge is 0.244 e. The van der Waals surface area contributed by atoms with Crippen molar-refractivity contribution in [1.29, 1.82) is 0 Å². The Labute approximate surface area is 186 Å². The molecule has 1 heterocycles. The van der Waals surface area contributed by atoms with Gasteiger partial charge in [-0.1, -0.05) is 74.3 Å². The first-order valence-electron chi connectivity index (χ1n) is 9.52. The number of benzene rings is 2. The van der Waals surface area contributed by atoms with Crippen LogP contribution >= 0.6 is 31.9 Å². The standard InChI is InChI=1S/C22H20Br2N2O3/c23-18-10-16-17(11-19(18)24)22(29)26(21(16)28)12-20(27)25-15-8-6-14(7-9-15)13-4-2-1-3-5-13/h1-9,16-19H,10-12H2,(H,25,27)/t16-,17-,18+,19+/m1/s1. The van der Waals surface area contributed by atoms with E-state index in [4.69, 9.17) is 0 Å². The molecule has 29 heavy (non-hydrogen) atoms. The number of carbonyl (C=O) groups excluding carboxylic acids is 3. The van der Waals surface area contributed by atoms with Crippen LogP contribution in [0.1, 0.15) is 12.8 Å². The van der Waals surface area contributed by atoms with E-state index in [9.17, 15) is 14.4 Å². The van der Waals surface area contributed by atoms with E-state index in [1.54, 1.807) is 0 Å². The Morgan fingerprint density at radius 1 is 0.862 bits per heavy atom. The molecule has 1 aliphatic carbocycles. The summed E-state index contributed by atoms with van der Waals surface area (Å²) >= 11 is 7.13. The van der Waals surface area contributed by atoms with E-state index in [1.165, 1.54) is 0 Å². The molecule has 0 aromatic heterocycles. The zero-order valence-electron chi connectivity index (χ0n) is 15.6. The van der Waals surface area contributed by atoms with Crippen LogP contribution in [0.2, 0.25) is 0 Å². The number of hydrogen-bond donors (Lipinski definition) is 1. The van der Waals surface area contributed by atoms with Crippen molar-refractivity contribution in [1.82, 2.24) is 4.90 Å². The first-order valence-corrected chi connectivity index (χ1v) is 11.4. The first kappa shape index (κ1) is 20.3. The summed E-state index contributed by atoms with van der Waals surface area (Å²) in [7, 11) is 0. The predicted molar refractivity (Wildman–Crippen MR) is 119 cm³/mol. The summed E-state index contributed by atoms with van der Waals surface area (Å²) < 4.78 is 0. The second-order valence-electron chi connectivity index (χ2n) is 7.47. The molecule has 150 valence electrons. The van der Waals surface area contributed by atoms with Crippen LogP contribution in [-0.4, -0.2) is 38.8 Å². The molecule has 0 spiro atoms. The van der Waals surface area contributed by atoms with Gasteiger partial charge in [0.15, 0.2) is 0 Å². The van der Waals surface area contributed by atoms with Crippen LogP contribution < -0.4 is 5.32 Å². The zero-order valence-corrected chi connectivity index (χ0v) is 18.7. The highest BCUT2D eigenvalue weighted by atomic mass is 79.9. The quantitative estimate of drug-likeness (QED) is 0.486. The van der Waals surface area contributed by atoms with E-state index in [-0.39, 0.29) is 45.8 Å². The maximum absolute atomic E-state index is 12.7. The third kappa shape index (κ3) is 4.16. The minimum atomic E-state index is -0.372. The minimum Gasteiger partial charge on any atom is -0.325 e. The van der Waals surface area contributed by atoms with Gasteiger partial charge in [0.1, 0.15) is 6.54 Å². The van der Waals surface area contributed by atoms with Gasteiger partial charge in [-0.3, -0.25) is 19.3 Å². The number of anilines is 1. The summed E-state index contributed by atoms with van der Waals surface area (Å²) in [4.78, 5) is 39.3. The fourth-order valence-electron chi connectivity index (χ4n) is 4.04. The number of hydrogen-bond acceptors (Lipinski definition) is 3. The van der Waals surface area contributed by atoms with Crippen LogP contribution in [0.3, 0.4) is 0 Å². The normalized spacial score (nSPS) is 26.3. The van der Waals surface area contributed by atoms with Crippen LogP contribution in [0, 0.1) is 11.8 Å². The molecule has 1 saturated carbocycles. The van der Waals surface area contributed by atoms with Gasteiger partial charge in [0, 0.05) is 15.3 Å². The van der Waals surface area contributed by atoms with Crippen LogP contribution in [-0.2, 0) is 14.4 Å². The Morgan fingerprint density at radius 2 is 1.38 bits per heavy atom. The van der Waals surface area contributed by atoms with Crippen LogP contribution in [0.15, 0.2) is 54.6 Å². The second-order valence-corrected chi connectivity index (χ2v) is 9.82. The molecule has 3 amide bonds. The number of nitrogens with one attached hydrogen (secondary N) is 1. The van der Waals surface area contributed by atoms with Gasteiger partial charge in [-0.05, 0) is 36.1 Å². The van der Waals surface area contributed by atoms with Crippen LogP contribution in [0.4, 0.5) is 5.69 Å². The fourth-order valence-corrected chi connectivity index (χ4v) is 5.28. The Bertz CT molecular complexity index is 905. The highest BCUT2D eigenvalue weighted by molar-refractivity contribution is 9.12. The fraction of sp³-hybridized carbons (Fsp3) is 0.318. The van der Waals surface area contributed by atoms with Crippen molar-refractivity contribution in [2.75, 3.05) is 11.9 Å². The Morgan fingerprint density at radius 3 is 1.93 bits per heavy atom. The third-order valence-electron chi connectivity index (χ3n) is 5.58. The first-order chi connectivity index (χ1) is 13.9. The number of halogens is 2. The van der Waals surface area contributed by atoms with Crippen molar-refractivity contribution in [2.24, 2.45) is 11.8 Å². The van der Waals surface area contributed by atoms with Crippen molar-refractivity contribution in [3.63, 3.8) is 0 Å². The SMILES string of the molecule is O=C(CN1C(=O)[C@@H]2C[C@H](Br)[C@@H](Br)C[C@H]2C1=O)Nc1ccc(-c2ccccc2)cc1. The minimum absolute atomic E-state index is 0.150. The summed E-state index contributed by atoms with van der Waals surface area (Å²) in [6.07, 6.45) is 1.20. The molecule has 2 aromatic carbocycles.